The molecule has 2 heteroatoms. The van der Waals surface area contributed by atoms with Crippen molar-refractivity contribution < 1.29 is 9.53 Å². The van der Waals surface area contributed by atoms with Crippen molar-refractivity contribution in [2.45, 2.75) is 52.9 Å². The first-order valence-corrected chi connectivity index (χ1v) is 5.45. The highest BCUT2D eigenvalue weighted by Crippen LogP contribution is 2.06. The maximum atomic E-state index is 10.4. The molecule has 0 aromatic rings. The van der Waals surface area contributed by atoms with Crippen molar-refractivity contribution in [2.75, 3.05) is 6.61 Å². The van der Waals surface area contributed by atoms with Gasteiger partial charge in [-0.25, -0.2) is 0 Å². The average Bonchev–Trinajstić information content (AvgIpc) is 2.11. The Balaban J connectivity index is 3.28. The normalized spacial score (nSPS) is 11.5. The van der Waals surface area contributed by atoms with Crippen molar-refractivity contribution in [2.24, 2.45) is 0 Å². The summed E-state index contributed by atoms with van der Waals surface area (Å²) < 4.78 is 4.84. The van der Waals surface area contributed by atoms with Gasteiger partial charge in [0.25, 0.3) is 0 Å². The molecule has 0 aliphatic heterocycles. The molecular formula is C12H22O2. The van der Waals surface area contributed by atoms with Crippen LogP contribution >= 0.6 is 0 Å². The molecule has 0 N–H and O–H groups in total. The minimum atomic E-state index is -0.178. The maximum Gasteiger partial charge on any atom is 0.302 e. The van der Waals surface area contributed by atoms with Crippen LogP contribution in [0.25, 0.3) is 0 Å². The summed E-state index contributed by atoms with van der Waals surface area (Å²) in [6.07, 6.45) is 7.88. The van der Waals surface area contributed by atoms with Gasteiger partial charge in [0, 0.05) is 6.92 Å². The van der Waals surface area contributed by atoms with Gasteiger partial charge in [0.15, 0.2) is 0 Å². The summed E-state index contributed by atoms with van der Waals surface area (Å²) >= 11 is 0. The molecule has 0 amide bonds. The summed E-state index contributed by atoms with van der Waals surface area (Å²) in [4.78, 5) is 10.4. The van der Waals surface area contributed by atoms with Crippen molar-refractivity contribution in [1.29, 1.82) is 0 Å². The quantitative estimate of drug-likeness (QED) is 0.356. The van der Waals surface area contributed by atoms with E-state index < -0.39 is 0 Å². The fraction of sp³-hybridized carbons (Fsp3) is 0.750. The molecule has 14 heavy (non-hydrogen) atoms. The van der Waals surface area contributed by atoms with Crippen LogP contribution in [0.15, 0.2) is 11.6 Å². The van der Waals surface area contributed by atoms with Gasteiger partial charge in [-0.1, -0.05) is 25.0 Å². The summed E-state index contributed by atoms with van der Waals surface area (Å²) in [7, 11) is 0. The number of carbonyl (C=O) groups is 1. The standard InChI is InChI=1S/C12H22O2/c1-4-8-11(2)9-6-5-7-10-14-12(3)13/h9H,4-8,10H2,1-3H3/b11-9+. The number of ether oxygens (including phenoxy) is 1. The van der Waals surface area contributed by atoms with Crippen LogP contribution < -0.4 is 0 Å². The lowest BCUT2D eigenvalue weighted by atomic mass is 10.1. The third-order valence-electron chi connectivity index (χ3n) is 2.04. The number of hydrogen-bond donors (Lipinski definition) is 0. The lowest BCUT2D eigenvalue weighted by Crippen LogP contribution is -1.99. The summed E-state index contributed by atoms with van der Waals surface area (Å²) in [5, 5.41) is 0. The predicted octanol–water partition coefficient (Wildman–Crippen LogP) is 3.47. The molecule has 0 bridgehead atoms. The molecule has 0 aliphatic carbocycles. The number of rotatable bonds is 7. The first-order valence-electron chi connectivity index (χ1n) is 5.45. The predicted molar refractivity (Wildman–Crippen MR) is 59.1 cm³/mol. The van der Waals surface area contributed by atoms with E-state index in [1.54, 1.807) is 0 Å². The molecule has 0 spiro atoms. The van der Waals surface area contributed by atoms with Gasteiger partial charge >= 0.3 is 5.97 Å². The zero-order valence-electron chi connectivity index (χ0n) is 9.64. The van der Waals surface area contributed by atoms with E-state index in [-0.39, 0.29) is 5.97 Å². The van der Waals surface area contributed by atoms with Gasteiger partial charge < -0.3 is 4.74 Å². The highest BCUT2D eigenvalue weighted by atomic mass is 16.5. The number of esters is 1. The van der Waals surface area contributed by atoms with Crippen molar-refractivity contribution in [3.63, 3.8) is 0 Å². The van der Waals surface area contributed by atoms with Crippen LogP contribution in [-0.4, -0.2) is 12.6 Å². The smallest absolute Gasteiger partial charge is 0.302 e. The Morgan fingerprint density at radius 2 is 2.00 bits per heavy atom. The second-order valence-electron chi connectivity index (χ2n) is 3.64. The van der Waals surface area contributed by atoms with Crippen LogP contribution in [-0.2, 0) is 9.53 Å². The molecule has 82 valence electrons. The summed E-state index contributed by atoms with van der Waals surface area (Å²) in [6.45, 7) is 6.38. The molecular weight excluding hydrogens is 176 g/mol. The molecule has 0 unspecified atom stereocenters. The molecule has 0 heterocycles. The van der Waals surface area contributed by atoms with Gasteiger partial charge in [-0.05, 0) is 32.6 Å². The first-order chi connectivity index (χ1) is 6.66. The highest BCUT2D eigenvalue weighted by Gasteiger charge is 1.92. The third-order valence-corrected chi connectivity index (χ3v) is 2.04. The van der Waals surface area contributed by atoms with Crippen molar-refractivity contribution in [3.8, 4) is 0 Å². The molecule has 0 aromatic carbocycles. The summed E-state index contributed by atoms with van der Waals surface area (Å²) in [5.74, 6) is -0.178. The Morgan fingerprint density at radius 3 is 2.57 bits per heavy atom. The number of allylic oxidation sites excluding steroid dienone is 2. The lowest BCUT2D eigenvalue weighted by molar-refractivity contribution is -0.141. The van der Waals surface area contributed by atoms with Crippen molar-refractivity contribution in [1.82, 2.24) is 0 Å². The molecule has 0 aromatic heterocycles. The Labute approximate surface area is 87.3 Å². The van der Waals surface area contributed by atoms with Crippen LogP contribution in [0.1, 0.15) is 52.9 Å². The minimum absolute atomic E-state index is 0.178. The highest BCUT2D eigenvalue weighted by molar-refractivity contribution is 5.65. The topological polar surface area (TPSA) is 26.3 Å². The molecule has 0 rings (SSSR count). The Bertz CT molecular complexity index is 183. The van der Waals surface area contributed by atoms with E-state index in [2.05, 4.69) is 19.9 Å². The monoisotopic (exact) mass is 198 g/mol. The van der Waals surface area contributed by atoms with E-state index in [1.165, 1.54) is 25.3 Å². The molecule has 0 radical (unpaired) electrons. The van der Waals surface area contributed by atoms with E-state index in [4.69, 9.17) is 4.74 Å². The summed E-state index contributed by atoms with van der Waals surface area (Å²) in [5.41, 5.74) is 1.47. The number of carbonyl (C=O) groups excluding carboxylic acids is 1. The zero-order valence-corrected chi connectivity index (χ0v) is 9.64. The van der Waals surface area contributed by atoms with Gasteiger partial charge in [0.2, 0.25) is 0 Å². The average molecular weight is 198 g/mol. The zero-order chi connectivity index (χ0) is 10.8. The molecule has 2 nitrogen and oxygen atoms in total. The fourth-order valence-corrected chi connectivity index (χ4v) is 1.31. The number of hydrogen-bond acceptors (Lipinski definition) is 2. The SMILES string of the molecule is CCC/C(C)=C/CCCCOC(C)=O. The van der Waals surface area contributed by atoms with Crippen molar-refractivity contribution >= 4 is 5.97 Å². The van der Waals surface area contributed by atoms with E-state index in [0.717, 1.165) is 19.3 Å². The first kappa shape index (κ1) is 13.2. The fourth-order valence-electron chi connectivity index (χ4n) is 1.31. The Hall–Kier alpha value is -0.790. The third kappa shape index (κ3) is 9.30. The maximum absolute atomic E-state index is 10.4. The minimum Gasteiger partial charge on any atom is -0.466 e. The van der Waals surface area contributed by atoms with Gasteiger partial charge in [-0.2, -0.15) is 0 Å². The van der Waals surface area contributed by atoms with E-state index in [1.807, 2.05) is 0 Å². The Morgan fingerprint density at radius 1 is 1.29 bits per heavy atom. The molecule has 0 aliphatic rings. The van der Waals surface area contributed by atoms with E-state index >= 15 is 0 Å². The van der Waals surface area contributed by atoms with Crippen LogP contribution in [0.5, 0.6) is 0 Å². The van der Waals surface area contributed by atoms with E-state index in [0.29, 0.717) is 6.61 Å². The second kappa shape index (κ2) is 8.79. The van der Waals surface area contributed by atoms with Gasteiger partial charge in [0.1, 0.15) is 0 Å². The molecule has 0 saturated heterocycles. The van der Waals surface area contributed by atoms with Gasteiger partial charge in [-0.3, -0.25) is 4.79 Å². The van der Waals surface area contributed by atoms with Crippen LogP contribution in [0.3, 0.4) is 0 Å². The number of unbranched alkanes of at least 4 members (excludes halogenated alkanes) is 2. The second-order valence-corrected chi connectivity index (χ2v) is 3.64. The van der Waals surface area contributed by atoms with Gasteiger partial charge in [-0.15, -0.1) is 0 Å². The molecule has 0 saturated carbocycles. The van der Waals surface area contributed by atoms with Crippen molar-refractivity contribution in [3.05, 3.63) is 11.6 Å². The summed E-state index contributed by atoms with van der Waals surface area (Å²) in [6, 6.07) is 0. The molecule has 0 fully saturated rings. The lowest BCUT2D eigenvalue weighted by Gasteiger charge is -2.01. The largest absolute Gasteiger partial charge is 0.466 e. The van der Waals surface area contributed by atoms with Crippen LogP contribution in [0.4, 0.5) is 0 Å². The molecule has 0 atom stereocenters. The Kier molecular flexibility index (Phi) is 8.30. The van der Waals surface area contributed by atoms with Crippen LogP contribution in [0.2, 0.25) is 0 Å². The van der Waals surface area contributed by atoms with Gasteiger partial charge in [0.05, 0.1) is 6.61 Å². The van der Waals surface area contributed by atoms with Crippen LogP contribution in [0, 0.1) is 0 Å². The van der Waals surface area contributed by atoms with E-state index in [9.17, 15) is 4.79 Å².